The molecule has 0 spiro atoms. The summed E-state index contributed by atoms with van der Waals surface area (Å²) < 4.78 is 7.51. The number of thioether (sulfide) groups is 1. The van der Waals surface area contributed by atoms with Gasteiger partial charge < -0.3 is 14.4 Å². The Morgan fingerprint density at radius 3 is 2.86 bits per heavy atom. The molecule has 0 atom stereocenters. The van der Waals surface area contributed by atoms with Crippen LogP contribution < -0.4 is 0 Å². The number of ether oxygens (including phenoxy) is 1. The smallest absolute Gasteiger partial charge is 0.313 e. The van der Waals surface area contributed by atoms with Crippen molar-refractivity contribution in [2.24, 2.45) is 0 Å². The lowest BCUT2D eigenvalue weighted by atomic mass is 10.3. The number of carboxylic acid groups (broad SMARTS) is 1. The zero-order chi connectivity index (χ0) is 15.1. The first-order valence-corrected chi connectivity index (χ1v) is 8.38. The zero-order valence-electron chi connectivity index (χ0n) is 12.5. The fourth-order valence-corrected chi connectivity index (χ4v) is 3.18. The Morgan fingerprint density at radius 2 is 2.19 bits per heavy atom. The lowest BCUT2D eigenvalue weighted by Crippen LogP contribution is -2.37. The van der Waals surface area contributed by atoms with Crippen molar-refractivity contribution in [2.75, 3.05) is 38.6 Å². The van der Waals surface area contributed by atoms with E-state index < -0.39 is 5.97 Å². The van der Waals surface area contributed by atoms with Gasteiger partial charge in [0.05, 0.1) is 19.0 Å². The molecule has 0 aromatic carbocycles. The van der Waals surface area contributed by atoms with Crippen LogP contribution in [0.4, 0.5) is 0 Å². The van der Waals surface area contributed by atoms with Crippen LogP contribution in [-0.2, 0) is 22.5 Å². The summed E-state index contributed by atoms with van der Waals surface area (Å²) in [6.07, 6.45) is 3.82. The molecule has 1 fully saturated rings. The van der Waals surface area contributed by atoms with Crippen LogP contribution in [0.15, 0.2) is 11.4 Å². The van der Waals surface area contributed by atoms with Gasteiger partial charge in [-0.3, -0.25) is 9.69 Å². The van der Waals surface area contributed by atoms with Gasteiger partial charge in [-0.2, -0.15) is 0 Å². The number of hydrogen-bond acceptors (Lipinski definition) is 5. The third-order valence-electron chi connectivity index (χ3n) is 3.55. The van der Waals surface area contributed by atoms with E-state index in [0.29, 0.717) is 0 Å². The number of aromatic nitrogens is 2. The number of aryl methyl sites for hydroxylation is 1. The summed E-state index contributed by atoms with van der Waals surface area (Å²) in [5.74, 6) is -0.746. The molecule has 1 aliphatic heterocycles. The second-order valence-corrected chi connectivity index (χ2v) is 5.97. The number of carboxylic acids is 1. The van der Waals surface area contributed by atoms with Gasteiger partial charge in [-0.15, -0.1) is 0 Å². The van der Waals surface area contributed by atoms with E-state index in [1.54, 1.807) is 0 Å². The first-order valence-electron chi connectivity index (χ1n) is 7.39. The van der Waals surface area contributed by atoms with Gasteiger partial charge in [0, 0.05) is 38.1 Å². The quantitative estimate of drug-likeness (QED) is 0.731. The van der Waals surface area contributed by atoms with Crippen molar-refractivity contribution in [3.63, 3.8) is 0 Å². The first-order chi connectivity index (χ1) is 10.2. The van der Waals surface area contributed by atoms with Crippen LogP contribution in [-0.4, -0.2) is 64.1 Å². The van der Waals surface area contributed by atoms with Gasteiger partial charge in [0.1, 0.15) is 0 Å². The molecule has 1 aliphatic rings. The molecule has 2 rings (SSSR count). The molecule has 0 amide bonds. The zero-order valence-corrected chi connectivity index (χ0v) is 13.3. The molecule has 6 nitrogen and oxygen atoms in total. The van der Waals surface area contributed by atoms with Crippen LogP contribution in [0.2, 0.25) is 0 Å². The van der Waals surface area contributed by atoms with E-state index in [4.69, 9.17) is 9.84 Å². The molecule has 0 bridgehead atoms. The fourth-order valence-electron chi connectivity index (χ4n) is 2.43. The topological polar surface area (TPSA) is 67.6 Å². The number of morpholine rings is 1. The number of hydrogen-bond donors (Lipinski definition) is 1. The Balaban J connectivity index is 1.87. The summed E-state index contributed by atoms with van der Waals surface area (Å²) in [7, 11) is 0. The van der Waals surface area contributed by atoms with Crippen molar-refractivity contribution in [1.82, 2.24) is 14.5 Å². The van der Waals surface area contributed by atoms with E-state index in [2.05, 4.69) is 21.4 Å². The molecular weight excluding hydrogens is 290 g/mol. The predicted octanol–water partition coefficient (Wildman–Crippen LogP) is 1.34. The highest BCUT2D eigenvalue weighted by Gasteiger charge is 2.13. The van der Waals surface area contributed by atoms with Crippen molar-refractivity contribution in [1.29, 1.82) is 0 Å². The summed E-state index contributed by atoms with van der Waals surface area (Å²) in [5, 5.41) is 9.62. The molecule has 7 heteroatoms. The van der Waals surface area contributed by atoms with Crippen LogP contribution in [0.25, 0.3) is 0 Å². The summed E-state index contributed by atoms with van der Waals surface area (Å²) in [4.78, 5) is 17.5. The highest BCUT2D eigenvalue weighted by Crippen LogP contribution is 2.19. The van der Waals surface area contributed by atoms with E-state index in [0.717, 1.165) is 57.4 Å². The molecule has 21 heavy (non-hydrogen) atoms. The minimum Gasteiger partial charge on any atom is -0.481 e. The highest BCUT2D eigenvalue weighted by atomic mass is 32.2. The van der Waals surface area contributed by atoms with Crippen LogP contribution in [0, 0.1) is 0 Å². The summed E-state index contributed by atoms with van der Waals surface area (Å²) >= 11 is 1.30. The standard InChI is InChI=1S/C14H23N3O3S/c1-2-12-10-15-14(21-11-13(18)19)17(12)5-3-4-16-6-8-20-9-7-16/h10H,2-9,11H2,1H3,(H,18,19). The molecule has 1 saturated heterocycles. The van der Waals surface area contributed by atoms with Gasteiger partial charge in [0.2, 0.25) is 0 Å². The van der Waals surface area contributed by atoms with Gasteiger partial charge in [-0.25, -0.2) is 4.98 Å². The number of aliphatic carboxylic acids is 1. The maximum Gasteiger partial charge on any atom is 0.313 e. The number of imidazole rings is 1. The van der Waals surface area contributed by atoms with Gasteiger partial charge in [-0.05, 0) is 12.8 Å². The minimum absolute atomic E-state index is 0.0592. The molecule has 0 radical (unpaired) electrons. The molecule has 1 aromatic heterocycles. The number of nitrogens with zero attached hydrogens (tertiary/aromatic N) is 3. The summed E-state index contributed by atoms with van der Waals surface area (Å²) in [6.45, 7) is 7.70. The second kappa shape index (κ2) is 8.41. The first kappa shape index (κ1) is 16.3. The Labute approximate surface area is 129 Å². The molecule has 2 heterocycles. The van der Waals surface area contributed by atoms with Gasteiger partial charge >= 0.3 is 5.97 Å². The van der Waals surface area contributed by atoms with Crippen molar-refractivity contribution >= 4 is 17.7 Å². The molecule has 0 aliphatic carbocycles. The lowest BCUT2D eigenvalue weighted by molar-refractivity contribution is -0.133. The SMILES string of the molecule is CCc1cnc(SCC(=O)O)n1CCCN1CCOCC1. The Kier molecular flexibility index (Phi) is 6.53. The molecule has 0 unspecified atom stereocenters. The molecule has 1 aromatic rings. The van der Waals surface area contributed by atoms with Crippen molar-refractivity contribution < 1.29 is 14.6 Å². The van der Waals surface area contributed by atoms with Crippen molar-refractivity contribution in [3.05, 3.63) is 11.9 Å². The highest BCUT2D eigenvalue weighted by molar-refractivity contribution is 7.99. The Morgan fingerprint density at radius 1 is 1.43 bits per heavy atom. The van der Waals surface area contributed by atoms with Crippen molar-refractivity contribution in [3.8, 4) is 0 Å². The van der Waals surface area contributed by atoms with Gasteiger partial charge in [0.25, 0.3) is 0 Å². The molecular formula is C14H23N3O3S. The largest absolute Gasteiger partial charge is 0.481 e. The van der Waals surface area contributed by atoms with Crippen LogP contribution in [0.3, 0.4) is 0 Å². The summed E-state index contributed by atoms with van der Waals surface area (Å²) in [6, 6.07) is 0. The normalized spacial score (nSPS) is 16.2. The van der Waals surface area contributed by atoms with Crippen LogP contribution in [0.5, 0.6) is 0 Å². The molecule has 0 saturated carbocycles. The third kappa shape index (κ3) is 5.01. The number of carbonyl (C=O) groups is 1. The van der Waals surface area contributed by atoms with Crippen LogP contribution >= 0.6 is 11.8 Å². The third-order valence-corrected chi connectivity index (χ3v) is 4.52. The van der Waals surface area contributed by atoms with E-state index in [1.165, 1.54) is 17.5 Å². The van der Waals surface area contributed by atoms with E-state index in [1.807, 2.05) is 6.20 Å². The average Bonchev–Trinajstić information content (AvgIpc) is 2.88. The summed E-state index contributed by atoms with van der Waals surface area (Å²) in [5.41, 5.74) is 1.17. The fraction of sp³-hybridized carbons (Fsp3) is 0.714. The van der Waals surface area contributed by atoms with Crippen LogP contribution in [0.1, 0.15) is 19.0 Å². The average molecular weight is 313 g/mol. The minimum atomic E-state index is -0.805. The number of rotatable bonds is 8. The predicted molar refractivity (Wildman–Crippen MR) is 81.8 cm³/mol. The van der Waals surface area contributed by atoms with E-state index in [-0.39, 0.29) is 5.75 Å². The maximum atomic E-state index is 10.7. The lowest BCUT2D eigenvalue weighted by Gasteiger charge is -2.26. The van der Waals surface area contributed by atoms with E-state index in [9.17, 15) is 4.79 Å². The molecule has 1 N–H and O–H groups in total. The maximum absolute atomic E-state index is 10.7. The molecule has 118 valence electrons. The monoisotopic (exact) mass is 313 g/mol. The Hall–Kier alpha value is -1.05. The van der Waals surface area contributed by atoms with Gasteiger partial charge in [0.15, 0.2) is 5.16 Å². The van der Waals surface area contributed by atoms with Gasteiger partial charge in [-0.1, -0.05) is 18.7 Å². The van der Waals surface area contributed by atoms with E-state index >= 15 is 0 Å². The Bertz CT molecular complexity index is 458. The second-order valence-electron chi connectivity index (χ2n) is 5.03. The van der Waals surface area contributed by atoms with Crippen molar-refractivity contribution in [2.45, 2.75) is 31.5 Å².